The predicted molar refractivity (Wildman–Crippen MR) is 91.2 cm³/mol. The second-order valence-corrected chi connectivity index (χ2v) is 7.48. The quantitative estimate of drug-likeness (QED) is 0.846. The smallest absolute Gasteiger partial charge is 0.211 e. The van der Waals surface area contributed by atoms with Crippen molar-refractivity contribution in [2.24, 2.45) is 0 Å². The van der Waals surface area contributed by atoms with Crippen LogP contribution in [-0.2, 0) is 22.9 Å². The molecule has 2 aromatic carbocycles. The van der Waals surface area contributed by atoms with Crippen LogP contribution in [0.4, 0.5) is 0 Å². The number of hydrogen-bond donors (Lipinski definition) is 1. The van der Waals surface area contributed by atoms with Gasteiger partial charge in [-0.15, -0.1) is 0 Å². The van der Waals surface area contributed by atoms with Gasteiger partial charge in [0.25, 0.3) is 0 Å². The summed E-state index contributed by atoms with van der Waals surface area (Å²) >= 11 is 11.6. The normalized spacial score (nSPS) is 11.6. The summed E-state index contributed by atoms with van der Waals surface area (Å²) in [7, 11) is -3.58. The highest BCUT2D eigenvalue weighted by Crippen LogP contribution is 2.24. The third kappa shape index (κ3) is 4.46. The SMILES string of the molecule is CCc1ccc(CCNS(=O)(=O)c2ccc(Cl)c(Cl)c2)cc1. The summed E-state index contributed by atoms with van der Waals surface area (Å²) < 4.78 is 26.9. The molecule has 0 bridgehead atoms. The summed E-state index contributed by atoms with van der Waals surface area (Å²) in [6.07, 6.45) is 1.62. The van der Waals surface area contributed by atoms with Crippen molar-refractivity contribution in [2.45, 2.75) is 24.7 Å². The van der Waals surface area contributed by atoms with Gasteiger partial charge in [-0.05, 0) is 42.2 Å². The summed E-state index contributed by atoms with van der Waals surface area (Å²) in [5, 5.41) is 0.552. The molecular formula is C16H17Cl2NO2S. The monoisotopic (exact) mass is 357 g/mol. The van der Waals surface area contributed by atoms with Gasteiger partial charge in [-0.3, -0.25) is 0 Å². The molecule has 0 aromatic heterocycles. The van der Waals surface area contributed by atoms with E-state index in [4.69, 9.17) is 23.2 Å². The molecule has 3 nitrogen and oxygen atoms in total. The minimum atomic E-state index is -3.58. The van der Waals surface area contributed by atoms with Crippen LogP contribution >= 0.6 is 23.2 Å². The molecule has 0 saturated heterocycles. The Morgan fingerprint density at radius 3 is 2.18 bits per heavy atom. The zero-order chi connectivity index (χ0) is 16.2. The first kappa shape index (κ1) is 17.3. The van der Waals surface area contributed by atoms with E-state index in [9.17, 15) is 8.42 Å². The van der Waals surface area contributed by atoms with E-state index in [-0.39, 0.29) is 9.92 Å². The Balaban J connectivity index is 1.98. The van der Waals surface area contributed by atoms with Crippen LogP contribution in [0.15, 0.2) is 47.4 Å². The molecule has 0 unspecified atom stereocenters. The number of halogens is 2. The van der Waals surface area contributed by atoms with E-state index in [1.54, 1.807) is 0 Å². The third-order valence-electron chi connectivity index (χ3n) is 3.34. The van der Waals surface area contributed by atoms with Crippen LogP contribution in [0.25, 0.3) is 0 Å². The van der Waals surface area contributed by atoms with Crippen LogP contribution in [0.1, 0.15) is 18.1 Å². The maximum Gasteiger partial charge on any atom is 0.240 e. The number of hydrogen-bond acceptors (Lipinski definition) is 2. The summed E-state index contributed by atoms with van der Waals surface area (Å²) in [6.45, 7) is 2.43. The van der Waals surface area contributed by atoms with E-state index in [0.717, 1.165) is 12.0 Å². The Morgan fingerprint density at radius 1 is 0.955 bits per heavy atom. The van der Waals surface area contributed by atoms with Crippen molar-refractivity contribution in [2.75, 3.05) is 6.54 Å². The molecule has 0 atom stereocenters. The van der Waals surface area contributed by atoms with Crippen LogP contribution in [0.5, 0.6) is 0 Å². The number of benzene rings is 2. The van der Waals surface area contributed by atoms with Crippen molar-refractivity contribution < 1.29 is 8.42 Å². The molecule has 0 aliphatic rings. The van der Waals surface area contributed by atoms with Gasteiger partial charge in [0.2, 0.25) is 10.0 Å². The molecule has 0 aliphatic heterocycles. The first-order valence-electron chi connectivity index (χ1n) is 6.95. The fourth-order valence-electron chi connectivity index (χ4n) is 2.00. The molecule has 0 radical (unpaired) electrons. The number of aryl methyl sites for hydroxylation is 1. The molecule has 2 aromatic rings. The molecule has 0 spiro atoms. The first-order valence-corrected chi connectivity index (χ1v) is 9.19. The van der Waals surface area contributed by atoms with Crippen molar-refractivity contribution in [1.82, 2.24) is 4.72 Å². The van der Waals surface area contributed by atoms with Crippen molar-refractivity contribution in [1.29, 1.82) is 0 Å². The first-order chi connectivity index (χ1) is 10.4. The van der Waals surface area contributed by atoms with E-state index >= 15 is 0 Å². The van der Waals surface area contributed by atoms with E-state index in [0.29, 0.717) is 18.0 Å². The van der Waals surface area contributed by atoms with Gasteiger partial charge in [0.05, 0.1) is 14.9 Å². The van der Waals surface area contributed by atoms with Gasteiger partial charge < -0.3 is 0 Å². The van der Waals surface area contributed by atoms with Gasteiger partial charge in [0, 0.05) is 6.54 Å². The number of nitrogens with one attached hydrogen (secondary N) is 1. The lowest BCUT2D eigenvalue weighted by atomic mass is 10.1. The van der Waals surface area contributed by atoms with Crippen LogP contribution in [0.2, 0.25) is 10.0 Å². The lowest BCUT2D eigenvalue weighted by molar-refractivity contribution is 0.581. The van der Waals surface area contributed by atoms with Crippen molar-refractivity contribution in [3.05, 3.63) is 63.6 Å². The second-order valence-electron chi connectivity index (χ2n) is 4.89. The molecule has 0 heterocycles. The molecular weight excluding hydrogens is 341 g/mol. The van der Waals surface area contributed by atoms with Gasteiger partial charge in [0.1, 0.15) is 0 Å². The highest BCUT2D eigenvalue weighted by molar-refractivity contribution is 7.89. The van der Waals surface area contributed by atoms with E-state index < -0.39 is 10.0 Å². The van der Waals surface area contributed by atoms with E-state index in [1.165, 1.54) is 23.8 Å². The Hall–Kier alpha value is -1.07. The summed E-state index contributed by atoms with van der Waals surface area (Å²) in [4.78, 5) is 0.114. The van der Waals surface area contributed by atoms with Gasteiger partial charge in [-0.1, -0.05) is 54.4 Å². The van der Waals surface area contributed by atoms with Crippen LogP contribution in [0, 0.1) is 0 Å². The highest BCUT2D eigenvalue weighted by atomic mass is 35.5. The lowest BCUT2D eigenvalue weighted by Gasteiger charge is -2.08. The zero-order valence-corrected chi connectivity index (χ0v) is 14.5. The molecule has 0 amide bonds. The van der Waals surface area contributed by atoms with Gasteiger partial charge >= 0.3 is 0 Å². The summed E-state index contributed by atoms with van der Waals surface area (Å²) in [5.74, 6) is 0. The molecule has 0 aliphatic carbocycles. The van der Waals surface area contributed by atoms with Crippen LogP contribution in [0.3, 0.4) is 0 Å². The largest absolute Gasteiger partial charge is 0.240 e. The molecule has 22 heavy (non-hydrogen) atoms. The number of rotatable bonds is 6. The summed E-state index contributed by atoms with van der Waals surface area (Å²) in [6, 6.07) is 12.4. The van der Waals surface area contributed by atoms with E-state index in [2.05, 4.69) is 23.8 Å². The van der Waals surface area contributed by atoms with Crippen molar-refractivity contribution >= 4 is 33.2 Å². The van der Waals surface area contributed by atoms with Gasteiger partial charge in [-0.25, -0.2) is 13.1 Å². The molecule has 0 saturated carbocycles. The fourth-order valence-corrected chi connectivity index (χ4v) is 3.42. The average molecular weight is 358 g/mol. The second kappa shape index (κ2) is 7.47. The Bertz CT molecular complexity index is 743. The summed E-state index contributed by atoms with van der Waals surface area (Å²) in [5.41, 5.74) is 2.36. The van der Waals surface area contributed by atoms with Gasteiger partial charge in [0.15, 0.2) is 0 Å². The van der Waals surface area contributed by atoms with E-state index in [1.807, 2.05) is 12.1 Å². The average Bonchev–Trinajstić information content (AvgIpc) is 2.50. The predicted octanol–water partition coefficient (Wildman–Crippen LogP) is 4.08. The third-order valence-corrected chi connectivity index (χ3v) is 5.54. The topological polar surface area (TPSA) is 46.2 Å². The minimum absolute atomic E-state index is 0.114. The maximum absolute atomic E-state index is 12.2. The molecule has 2 rings (SSSR count). The molecule has 1 N–H and O–H groups in total. The molecule has 6 heteroatoms. The molecule has 118 valence electrons. The molecule has 0 fully saturated rings. The highest BCUT2D eigenvalue weighted by Gasteiger charge is 2.14. The number of sulfonamides is 1. The Kier molecular flexibility index (Phi) is 5.87. The Labute approximate surface area is 141 Å². The maximum atomic E-state index is 12.2. The minimum Gasteiger partial charge on any atom is -0.211 e. The Morgan fingerprint density at radius 2 is 1.59 bits per heavy atom. The van der Waals surface area contributed by atoms with Crippen LogP contribution in [-0.4, -0.2) is 15.0 Å². The van der Waals surface area contributed by atoms with Gasteiger partial charge in [-0.2, -0.15) is 0 Å². The zero-order valence-electron chi connectivity index (χ0n) is 12.1. The standard InChI is InChI=1S/C16H17Cl2NO2S/c1-2-12-3-5-13(6-4-12)9-10-19-22(20,21)14-7-8-15(17)16(18)11-14/h3-8,11,19H,2,9-10H2,1H3. The fraction of sp³-hybridized carbons (Fsp3) is 0.250. The van der Waals surface area contributed by atoms with Crippen LogP contribution < -0.4 is 4.72 Å². The van der Waals surface area contributed by atoms with Crippen molar-refractivity contribution in [3.8, 4) is 0 Å². The lowest BCUT2D eigenvalue weighted by Crippen LogP contribution is -2.26. The van der Waals surface area contributed by atoms with Crippen molar-refractivity contribution in [3.63, 3.8) is 0 Å².